The summed E-state index contributed by atoms with van der Waals surface area (Å²) in [6.07, 6.45) is 2.00. The quantitative estimate of drug-likeness (QED) is 0.812. The Bertz CT molecular complexity index is 591. The topological polar surface area (TPSA) is 85.6 Å². The summed E-state index contributed by atoms with van der Waals surface area (Å²) in [6, 6.07) is 0. The van der Waals surface area contributed by atoms with Crippen molar-refractivity contribution in [3.05, 3.63) is 22.8 Å². The van der Waals surface area contributed by atoms with Crippen molar-refractivity contribution < 1.29 is 4.79 Å². The zero-order valence-electron chi connectivity index (χ0n) is 11.9. The highest BCUT2D eigenvalue weighted by Crippen LogP contribution is 2.10. The Labute approximate surface area is 121 Å². The third kappa shape index (κ3) is 3.19. The molecular weight excluding hydrogens is 276 g/mol. The first-order valence-electron chi connectivity index (χ1n) is 6.59. The highest BCUT2D eigenvalue weighted by Gasteiger charge is 2.17. The summed E-state index contributed by atoms with van der Waals surface area (Å²) in [7, 11) is 0. The van der Waals surface area contributed by atoms with E-state index in [1.54, 1.807) is 4.68 Å². The van der Waals surface area contributed by atoms with Gasteiger partial charge in [0.1, 0.15) is 0 Å². The Morgan fingerprint density at radius 3 is 2.80 bits per heavy atom. The van der Waals surface area contributed by atoms with Gasteiger partial charge in [-0.1, -0.05) is 18.6 Å². The molecule has 0 aromatic carbocycles. The fraction of sp³-hybridized carbons (Fsp3) is 0.583. The molecule has 8 heteroatoms. The van der Waals surface area contributed by atoms with Crippen LogP contribution in [0.25, 0.3) is 0 Å². The smallest absolute Gasteiger partial charge is 0.273 e. The molecule has 0 saturated heterocycles. The molecule has 0 aliphatic heterocycles. The van der Waals surface area contributed by atoms with Crippen LogP contribution in [0.15, 0.2) is 0 Å². The molecule has 0 bridgehead atoms. The second-order valence-corrected chi connectivity index (χ2v) is 5.12. The van der Waals surface area contributed by atoms with E-state index in [9.17, 15) is 4.79 Å². The SMILES string of the molecule is CCCCNC(=O)c1nnn(Cc2nsnc2C)c1C. The number of hydrogen-bond acceptors (Lipinski definition) is 6. The van der Waals surface area contributed by atoms with Crippen molar-refractivity contribution in [1.29, 1.82) is 0 Å². The van der Waals surface area contributed by atoms with Gasteiger partial charge in [-0.25, -0.2) is 4.68 Å². The zero-order chi connectivity index (χ0) is 14.5. The molecule has 108 valence electrons. The van der Waals surface area contributed by atoms with Gasteiger partial charge in [0.05, 0.1) is 35.4 Å². The van der Waals surface area contributed by atoms with E-state index in [1.807, 2.05) is 13.8 Å². The molecule has 0 saturated carbocycles. The number of aromatic nitrogens is 5. The van der Waals surface area contributed by atoms with Gasteiger partial charge in [0.15, 0.2) is 5.69 Å². The van der Waals surface area contributed by atoms with E-state index >= 15 is 0 Å². The van der Waals surface area contributed by atoms with Crippen molar-refractivity contribution in [2.45, 2.75) is 40.2 Å². The Morgan fingerprint density at radius 2 is 2.15 bits per heavy atom. The van der Waals surface area contributed by atoms with E-state index in [1.165, 1.54) is 11.7 Å². The Hall–Kier alpha value is -1.83. The minimum absolute atomic E-state index is 0.171. The number of amides is 1. The first kappa shape index (κ1) is 14.6. The van der Waals surface area contributed by atoms with Gasteiger partial charge in [0.25, 0.3) is 5.91 Å². The van der Waals surface area contributed by atoms with Gasteiger partial charge in [-0.3, -0.25) is 4.79 Å². The highest BCUT2D eigenvalue weighted by atomic mass is 32.1. The van der Waals surface area contributed by atoms with Crippen LogP contribution in [0, 0.1) is 13.8 Å². The first-order valence-corrected chi connectivity index (χ1v) is 7.32. The fourth-order valence-electron chi connectivity index (χ4n) is 1.72. The van der Waals surface area contributed by atoms with E-state index in [0.29, 0.717) is 18.8 Å². The molecule has 0 unspecified atom stereocenters. The standard InChI is InChI=1S/C12H18N6OS/c1-4-5-6-13-12(19)11-9(3)18(17-14-11)7-10-8(2)15-20-16-10/h4-7H2,1-3H3,(H,13,19). The molecule has 0 fully saturated rings. The Morgan fingerprint density at radius 1 is 1.35 bits per heavy atom. The molecule has 0 radical (unpaired) electrons. The van der Waals surface area contributed by atoms with Crippen molar-refractivity contribution >= 4 is 17.6 Å². The van der Waals surface area contributed by atoms with Crippen LogP contribution >= 0.6 is 11.7 Å². The lowest BCUT2D eigenvalue weighted by Crippen LogP contribution is -2.25. The van der Waals surface area contributed by atoms with Gasteiger partial charge in [-0.2, -0.15) is 8.75 Å². The molecule has 2 aromatic heterocycles. The number of carbonyl (C=O) groups excluding carboxylic acids is 1. The molecule has 0 aliphatic carbocycles. The lowest BCUT2D eigenvalue weighted by molar-refractivity contribution is 0.0947. The second-order valence-electron chi connectivity index (χ2n) is 4.59. The Balaban J connectivity index is 2.07. The predicted octanol–water partition coefficient (Wildman–Crippen LogP) is 1.32. The van der Waals surface area contributed by atoms with Crippen molar-refractivity contribution in [1.82, 2.24) is 29.1 Å². The average Bonchev–Trinajstić information content (AvgIpc) is 2.98. The molecule has 1 N–H and O–H groups in total. The van der Waals surface area contributed by atoms with Crippen LogP contribution in [0.2, 0.25) is 0 Å². The van der Waals surface area contributed by atoms with E-state index in [4.69, 9.17) is 0 Å². The third-order valence-electron chi connectivity index (χ3n) is 3.06. The average molecular weight is 294 g/mol. The van der Waals surface area contributed by atoms with Crippen molar-refractivity contribution in [2.75, 3.05) is 6.54 Å². The van der Waals surface area contributed by atoms with Crippen molar-refractivity contribution in [3.63, 3.8) is 0 Å². The fourth-order valence-corrected chi connectivity index (χ4v) is 2.27. The van der Waals surface area contributed by atoms with Crippen LogP contribution in [-0.2, 0) is 6.54 Å². The summed E-state index contributed by atoms with van der Waals surface area (Å²) in [4.78, 5) is 12.0. The summed E-state index contributed by atoms with van der Waals surface area (Å²) in [5.41, 5.74) is 2.87. The first-order chi connectivity index (χ1) is 9.63. The monoisotopic (exact) mass is 294 g/mol. The van der Waals surface area contributed by atoms with Gasteiger partial charge in [-0.05, 0) is 20.3 Å². The van der Waals surface area contributed by atoms with E-state index < -0.39 is 0 Å². The Kier molecular flexibility index (Phi) is 4.78. The van der Waals surface area contributed by atoms with Crippen LogP contribution in [0.1, 0.15) is 47.3 Å². The zero-order valence-corrected chi connectivity index (χ0v) is 12.7. The third-order valence-corrected chi connectivity index (χ3v) is 3.72. The van der Waals surface area contributed by atoms with Gasteiger partial charge < -0.3 is 5.32 Å². The number of nitrogens with zero attached hydrogens (tertiary/aromatic N) is 5. The van der Waals surface area contributed by atoms with E-state index in [2.05, 4.69) is 31.3 Å². The predicted molar refractivity (Wildman–Crippen MR) is 75.7 cm³/mol. The summed E-state index contributed by atoms with van der Waals surface area (Å²) in [5.74, 6) is -0.171. The molecule has 2 rings (SSSR count). The van der Waals surface area contributed by atoms with Crippen LogP contribution < -0.4 is 5.32 Å². The largest absolute Gasteiger partial charge is 0.351 e. The van der Waals surface area contributed by atoms with Crippen LogP contribution in [0.3, 0.4) is 0 Å². The highest BCUT2D eigenvalue weighted by molar-refractivity contribution is 6.99. The molecule has 2 heterocycles. The number of rotatable bonds is 6. The van der Waals surface area contributed by atoms with Gasteiger partial charge in [0, 0.05) is 6.54 Å². The molecule has 2 aromatic rings. The van der Waals surface area contributed by atoms with Crippen LogP contribution in [0.5, 0.6) is 0 Å². The van der Waals surface area contributed by atoms with Crippen LogP contribution in [0.4, 0.5) is 0 Å². The number of carbonyl (C=O) groups is 1. The molecule has 0 aliphatic rings. The normalized spacial score (nSPS) is 10.8. The molecule has 7 nitrogen and oxygen atoms in total. The van der Waals surface area contributed by atoms with E-state index in [0.717, 1.165) is 29.9 Å². The maximum Gasteiger partial charge on any atom is 0.273 e. The van der Waals surface area contributed by atoms with Gasteiger partial charge in [0.2, 0.25) is 0 Å². The minimum atomic E-state index is -0.171. The van der Waals surface area contributed by atoms with Gasteiger partial charge in [-0.15, -0.1) is 5.10 Å². The minimum Gasteiger partial charge on any atom is -0.351 e. The van der Waals surface area contributed by atoms with Crippen molar-refractivity contribution in [3.8, 4) is 0 Å². The molecule has 20 heavy (non-hydrogen) atoms. The molecular formula is C12H18N6OS. The molecule has 0 atom stereocenters. The summed E-state index contributed by atoms with van der Waals surface area (Å²) < 4.78 is 10.0. The number of unbranched alkanes of at least 4 members (excludes halogenated alkanes) is 1. The second kappa shape index (κ2) is 6.56. The lowest BCUT2D eigenvalue weighted by atomic mass is 10.3. The summed E-state index contributed by atoms with van der Waals surface area (Å²) in [5, 5.41) is 10.8. The number of hydrogen-bond donors (Lipinski definition) is 1. The molecule has 1 amide bonds. The summed E-state index contributed by atoms with van der Waals surface area (Å²) >= 11 is 1.18. The number of nitrogens with one attached hydrogen (secondary N) is 1. The lowest BCUT2D eigenvalue weighted by Gasteiger charge is -2.03. The number of aryl methyl sites for hydroxylation is 1. The van der Waals surface area contributed by atoms with Crippen molar-refractivity contribution in [2.24, 2.45) is 0 Å². The van der Waals surface area contributed by atoms with Crippen LogP contribution in [-0.4, -0.2) is 36.2 Å². The maximum atomic E-state index is 12.0. The molecule has 0 spiro atoms. The summed E-state index contributed by atoms with van der Waals surface area (Å²) in [6.45, 7) is 6.98. The van der Waals surface area contributed by atoms with E-state index in [-0.39, 0.29) is 5.91 Å². The van der Waals surface area contributed by atoms with Gasteiger partial charge >= 0.3 is 0 Å². The maximum absolute atomic E-state index is 12.0.